The summed E-state index contributed by atoms with van der Waals surface area (Å²) >= 11 is -0.771. The third-order valence-corrected chi connectivity index (χ3v) is 7.40. The van der Waals surface area contributed by atoms with Crippen molar-refractivity contribution in [2.45, 2.75) is 30.1 Å². The number of fused-ring (bicyclic) bond motifs is 1. The molecule has 5 rings (SSSR count). The van der Waals surface area contributed by atoms with Crippen molar-refractivity contribution in [3.05, 3.63) is 72.7 Å². The predicted molar refractivity (Wildman–Crippen MR) is 127 cm³/mol. The van der Waals surface area contributed by atoms with Crippen molar-refractivity contribution in [1.29, 1.82) is 0 Å². The molecular formula is C25H27N4OS+. The van der Waals surface area contributed by atoms with E-state index in [1.54, 1.807) is 6.26 Å². The van der Waals surface area contributed by atoms with Crippen molar-refractivity contribution >= 4 is 16.8 Å². The Labute approximate surface area is 185 Å². The lowest BCUT2D eigenvalue weighted by molar-refractivity contribution is 0.335. The van der Waals surface area contributed by atoms with E-state index in [9.17, 15) is 4.55 Å². The summed E-state index contributed by atoms with van der Waals surface area (Å²) < 4.78 is 11.8. The van der Waals surface area contributed by atoms with Crippen molar-refractivity contribution in [2.75, 3.05) is 19.3 Å². The molecule has 0 bridgehead atoms. The zero-order valence-electron chi connectivity index (χ0n) is 17.9. The molecule has 3 heterocycles. The monoisotopic (exact) mass is 431 g/mol. The van der Waals surface area contributed by atoms with Gasteiger partial charge in [0, 0.05) is 29.6 Å². The van der Waals surface area contributed by atoms with E-state index >= 15 is 0 Å². The first-order valence-electron chi connectivity index (χ1n) is 10.6. The summed E-state index contributed by atoms with van der Waals surface area (Å²) in [6.07, 6.45) is 9.95. The highest BCUT2D eigenvalue weighted by Gasteiger charge is 2.28. The van der Waals surface area contributed by atoms with Gasteiger partial charge in [-0.1, -0.05) is 43.3 Å². The highest BCUT2D eigenvalue weighted by atomic mass is 32.2. The van der Waals surface area contributed by atoms with Crippen LogP contribution in [0.25, 0.3) is 27.9 Å². The van der Waals surface area contributed by atoms with E-state index in [0.717, 1.165) is 45.9 Å². The Hall–Kier alpha value is -2.67. The van der Waals surface area contributed by atoms with E-state index in [2.05, 4.69) is 41.6 Å². The lowest BCUT2D eigenvalue weighted by atomic mass is 9.75. The Morgan fingerprint density at radius 2 is 1.77 bits per heavy atom. The summed E-state index contributed by atoms with van der Waals surface area (Å²) in [6, 6.07) is 16.9. The molecule has 1 aliphatic rings. The Bertz CT molecular complexity index is 1210. The van der Waals surface area contributed by atoms with Crippen molar-refractivity contribution in [2.24, 2.45) is 0 Å². The first-order valence-corrected chi connectivity index (χ1v) is 12.2. The number of rotatable bonds is 4. The topological polar surface area (TPSA) is 62.5 Å². The lowest BCUT2D eigenvalue weighted by Crippen LogP contribution is -2.37. The molecule has 158 valence electrons. The van der Waals surface area contributed by atoms with Gasteiger partial charge >= 0.3 is 0 Å². The Morgan fingerprint density at radius 1 is 1.00 bits per heavy atom. The minimum absolute atomic E-state index is 0.254. The number of nitrogens with one attached hydrogen (secondary N) is 1. The van der Waals surface area contributed by atoms with Gasteiger partial charge in [0.05, 0.1) is 6.20 Å². The van der Waals surface area contributed by atoms with Crippen molar-refractivity contribution < 1.29 is 4.55 Å². The van der Waals surface area contributed by atoms with Crippen LogP contribution in [-0.4, -0.2) is 38.5 Å². The molecule has 0 amide bonds. The molecule has 0 spiro atoms. The van der Waals surface area contributed by atoms with Gasteiger partial charge in [-0.2, -0.15) is 9.65 Å². The van der Waals surface area contributed by atoms with Gasteiger partial charge in [-0.3, -0.25) is 0 Å². The average molecular weight is 432 g/mol. The fourth-order valence-electron chi connectivity index (χ4n) is 4.41. The molecule has 0 radical (unpaired) electrons. The van der Waals surface area contributed by atoms with Gasteiger partial charge in [0.1, 0.15) is 6.26 Å². The number of benzene rings is 2. The van der Waals surface area contributed by atoms with Crippen molar-refractivity contribution in [1.82, 2.24) is 19.9 Å². The average Bonchev–Trinajstić information content (AvgIpc) is 3.23. The quantitative estimate of drug-likeness (QED) is 0.456. The van der Waals surface area contributed by atoms with Gasteiger partial charge in [0.15, 0.2) is 21.7 Å². The molecule has 1 saturated heterocycles. The molecule has 1 unspecified atom stereocenters. The van der Waals surface area contributed by atoms with E-state index in [0.29, 0.717) is 0 Å². The third kappa shape index (κ3) is 3.87. The summed E-state index contributed by atoms with van der Waals surface area (Å²) in [7, 11) is 0. The molecule has 0 aliphatic carbocycles. The third-order valence-electron chi connectivity index (χ3n) is 6.46. The van der Waals surface area contributed by atoms with Crippen LogP contribution in [-0.2, 0) is 16.6 Å². The van der Waals surface area contributed by atoms with Crippen LogP contribution >= 0.6 is 0 Å². The molecule has 0 saturated carbocycles. The van der Waals surface area contributed by atoms with Crippen LogP contribution in [0.4, 0.5) is 0 Å². The summed E-state index contributed by atoms with van der Waals surface area (Å²) in [4.78, 5) is 5.64. The molecule has 2 aromatic carbocycles. The van der Waals surface area contributed by atoms with Gasteiger partial charge in [0.25, 0.3) is 0 Å². The normalized spacial score (nSPS) is 17.0. The SMILES string of the molecule is C[S+](O)c1cccc(-c2cnn3cc(-c4ccc(C5(C)CCNCC5)cc4)cnc23)c1. The second kappa shape index (κ2) is 8.11. The van der Waals surface area contributed by atoms with Crippen molar-refractivity contribution in [3.63, 3.8) is 0 Å². The van der Waals surface area contributed by atoms with E-state index in [-0.39, 0.29) is 5.41 Å². The first-order chi connectivity index (χ1) is 15.0. The molecule has 1 atom stereocenters. The minimum Gasteiger partial charge on any atom is -0.317 e. The van der Waals surface area contributed by atoms with E-state index in [1.165, 1.54) is 18.4 Å². The van der Waals surface area contributed by atoms with Gasteiger partial charge in [-0.15, -0.1) is 0 Å². The largest absolute Gasteiger partial charge is 0.317 e. The van der Waals surface area contributed by atoms with E-state index in [4.69, 9.17) is 4.98 Å². The molecule has 6 heteroatoms. The maximum Gasteiger partial charge on any atom is 0.190 e. The zero-order chi connectivity index (χ0) is 21.4. The number of hydrogen-bond donors (Lipinski definition) is 2. The molecular weight excluding hydrogens is 404 g/mol. The first kappa shape index (κ1) is 20.2. The molecule has 31 heavy (non-hydrogen) atoms. The smallest absolute Gasteiger partial charge is 0.190 e. The van der Waals surface area contributed by atoms with Gasteiger partial charge in [-0.05, 0) is 54.1 Å². The second-order valence-electron chi connectivity index (χ2n) is 8.56. The van der Waals surface area contributed by atoms with E-state index in [1.807, 2.05) is 47.4 Å². The van der Waals surface area contributed by atoms with Crippen LogP contribution in [0.1, 0.15) is 25.3 Å². The number of piperidine rings is 1. The Kier molecular flexibility index (Phi) is 5.30. The van der Waals surface area contributed by atoms with E-state index < -0.39 is 11.2 Å². The fraction of sp³-hybridized carbons (Fsp3) is 0.280. The van der Waals surface area contributed by atoms with Crippen LogP contribution < -0.4 is 5.32 Å². The summed E-state index contributed by atoms with van der Waals surface area (Å²) in [5, 5.41) is 8.00. The molecule has 5 nitrogen and oxygen atoms in total. The van der Waals surface area contributed by atoms with Gasteiger partial charge < -0.3 is 5.32 Å². The molecule has 4 aromatic rings. The van der Waals surface area contributed by atoms with Crippen LogP contribution in [0.5, 0.6) is 0 Å². The lowest BCUT2D eigenvalue weighted by Gasteiger charge is -2.34. The van der Waals surface area contributed by atoms with Crippen molar-refractivity contribution in [3.8, 4) is 22.3 Å². The summed E-state index contributed by atoms with van der Waals surface area (Å²) in [5.74, 6) is 0. The predicted octanol–water partition coefficient (Wildman–Crippen LogP) is 4.78. The van der Waals surface area contributed by atoms with Gasteiger partial charge in [0.2, 0.25) is 0 Å². The summed E-state index contributed by atoms with van der Waals surface area (Å²) in [6.45, 7) is 4.54. The Morgan fingerprint density at radius 3 is 2.52 bits per heavy atom. The molecule has 1 fully saturated rings. The van der Waals surface area contributed by atoms with Crippen LogP contribution in [0.15, 0.2) is 72.0 Å². The maximum atomic E-state index is 9.93. The van der Waals surface area contributed by atoms with Gasteiger partial charge in [-0.25, -0.2) is 9.50 Å². The minimum atomic E-state index is -0.771. The molecule has 2 aromatic heterocycles. The fourth-order valence-corrected chi connectivity index (χ4v) is 4.98. The number of aromatic nitrogens is 3. The number of hydrogen-bond acceptors (Lipinski definition) is 4. The van der Waals surface area contributed by atoms with Crippen LogP contribution in [0.2, 0.25) is 0 Å². The zero-order valence-corrected chi connectivity index (χ0v) is 18.7. The molecule has 1 aliphatic heterocycles. The van der Waals surface area contributed by atoms with Crippen LogP contribution in [0, 0.1) is 0 Å². The molecule has 2 N–H and O–H groups in total. The highest BCUT2D eigenvalue weighted by molar-refractivity contribution is 7.90. The summed E-state index contributed by atoms with van der Waals surface area (Å²) in [5.41, 5.74) is 6.65. The second-order valence-corrected chi connectivity index (χ2v) is 9.99. The number of nitrogens with zero attached hydrogens (tertiary/aromatic N) is 3. The maximum absolute atomic E-state index is 9.93. The Balaban J connectivity index is 1.45. The van der Waals surface area contributed by atoms with Crippen LogP contribution in [0.3, 0.4) is 0 Å². The standard InChI is InChI=1S/C25H27N4OS/c1-25(10-12-26-13-11-25)21-8-6-18(7-9-21)20-15-27-24-23(16-28-29(24)17-20)19-4-3-5-22(14-19)31(2)30/h3-9,14-17,26,30H,10-13H2,1-2H3/q+1. The highest BCUT2D eigenvalue weighted by Crippen LogP contribution is 2.34.